The summed E-state index contributed by atoms with van der Waals surface area (Å²) < 4.78 is 0. The molecule has 2 N–H and O–H groups in total. The average Bonchev–Trinajstić information content (AvgIpc) is 2.47. The fraction of sp³-hybridized carbons (Fsp3) is 0.125. The Morgan fingerprint density at radius 3 is 2.72 bits per heavy atom. The topological polar surface area (TPSA) is 29.3 Å². The molecule has 1 aromatic carbocycles. The zero-order chi connectivity index (χ0) is 12.4. The molecule has 2 heteroatoms. The van der Waals surface area contributed by atoms with Crippen molar-refractivity contribution in [3.8, 4) is 0 Å². The van der Waals surface area contributed by atoms with Gasteiger partial charge in [-0.15, -0.1) is 0 Å². The molecule has 1 aromatic rings. The number of allylic oxidation sites excluding steroid dienone is 7. The highest BCUT2D eigenvalue weighted by Gasteiger charge is 2.20. The Labute approximate surface area is 107 Å². The first-order valence-electron chi connectivity index (χ1n) is 6.22. The molecule has 0 aromatic heterocycles. The number of hydrogen-bond donors (Lipinski definition) is 1. The fourth-order valence-corrected chi connectivity index (χ4v) is 2.44. The van der Waals surface area contributed by atoms with Crippen molar-refractivity contribution in [3.05, 3.63) is 78.1 Å². The molecule has 0 saturated heterocycles. The van der Waals surface area contributed by atoms with Crippen LogP contribution >= 0.6 is 0 Å². The SMILES string of the molecule is NN(C1=C2C=CC=CC2CC=C1)c1ccccc1. The lowest BCUT2D eigenvalue weighted by molar-refractivity contribution is 0.755. The molecule has 3 rings (SSSR count). The van der Waals surface area contributed by atoms with Gasteiger partial charge in [-0.2, -0.15) is 0 Å². The van der Waals surface area contributed by atoms with Crippen molar-refractivity contribution in [3.63, 3.8) is 0 Å². The quantitative estimate of drug-likeness (QED) is 0.630. The van der Waals surface area contributed by atoms with E-state index >= 15 is 0 Å². The molecule has 2 aliphatic rings. The largest absolute Gasteiger partial charge is 0.279 e. The van der Waals surface area contributed by atoms with E-state index in [0.29, 0.717) is 5.92 Å². The molecule has 2 nitrogen and oxygen atoms in total. The normalized spacial score (nSPS) is 21.1. The van der Waals surface area contributed by atoms with E-state index in [1.54, 1.807) is 5.01 Å². The minimum absolute atomic E-state index is 0.463. The van der Waals surface area contributed by atoms with E-state index in [1.165, 1.54) is 5.57 Å². The zero-order valence-corrected chi connectivity index (χ0v) is 10.2. The maximum Gasteiger partial charge on any atom is 0.0610 e. The molecule has 0 aliphatic heterocycles. The Morgan fingerprint density at radius 1 is 1.06 bits per heavy atom. The number of nitrogens with two attached hydrogens (primary N) is 1. The Balaban J connectivity index is 2.00. The van der Waals surface area contributed by atoms with E-state index in [0.717, 1.165) is 17.8 Å². The molecule has 0 heterocycles. The standard InChI is InChI=1S/C16H16N2/c17-18(14-9-2-1-3-10-14)16-12-6-8-13-7-4-5-11-15(13)16/h1-7,9-13H,8,17H2. The molecular weight excluding hydrogens is 220 g/mol. The molecule has 0 radical (unpaired) electrons. The van der Waals surface area contributed by atoms with Gasteiger partial charge in [-0.05, 0) is 30.2 Å². The van der Waals surface area contributed by atoms with Crippen LogP contribution in [0.4, 0.5) is 5.69 Å². The van der Waals surface area contributed by atoms with E-state index < -0.39 is 0 Å². The van der Waals surface area contributed by atoms with Gasteiger partial charge in [-0.3, -0.25) is 5.01 Å². The zero-order valence-electron chi connectivity index (χ0n) is 10.2. The molecular formula is C16H16N2. The highest BCUT2D eigenvalue weighted by Crippen LogP contribution is 2.32. The summed E-state index contributed by atoms with van der Waals surface area (Å²) in [4.78, 5) is 0. The summed E-state index contributed by atoms with van der Waals surface area (Å²) in [5.41, 5.74) is 3.39. The van der Waals surface area contributed by atoms with Gasteiger partial charge in [0.25, 0.3) is 0 Å². The minimum Gasteiger partial charge on any atom is -0.279 e. The Kier molecular flexibility index (Phi) is 2.87. The number of para-hydroxylation sites is 1. The number of anilines is 1. The van der Waals surface area contributed by atoms with Crippen LogP contribution < -0.4 is 10.9 Å². The third kappa shape index (κ3) is 1.91. The summed E-state index contributed by atoms with van der Waals surface area (Å²) in [7, 11) is 0. The molecule has 1 atom stereocenters. The predicted molar refractivity (Wildman–Crippen MR) is 75.7 cm³/mol. The second-order valence-electron chi connectivity index (χ2n) is 4.53. The molecule has 0 amide bonds. The van der Waals surface area contributed by atoms with E-state index in [4.69, 9.17) is 5.84 Å². The predicted octanol–water partition coefficient (Wildman–Crippen LogP) is 3.32. The van der Waals surface area contributed by atoms with Crippen molar-refractivity contribution in [1.82, 2.24) is 0 Å². The van der Waals surface area contributed by atoms with Gasteiger partial charge in [-0.1, -0.05) is 48.6 Å². The van der Waals surface area contributed by atoms with Crippen molar-refractivity contribution < 1.29 is 0 Å². The Morgan fingerprint density at radius 2 is 1.89 bits per heavy atom. The minimum atomic E-state index is 0.463. The van der Waals surface area contributed by atoms with Crippen molar-refractivity contribution in [2.45, 2.75) is 6.42 Å². The molecule has 0 saturated carbocycles. The molecule has 18 heavy (non-hydrogen) atoms. The van der Waals surface area contributed by atoms with Crippen LogP contribution in [0.3, 0.4) is 0 Å². The van der Waals surface area contributed by atoms with Crippen LogP contribution in [0.5, 0.6) is 0 Å². The first-order chi connectivity index (χ1) is 8.86. The lowest BCUT2D eigenvalue weighted by Gasteiger charge is -2.28. The van der Waals surface area contributed by atoms with E-state index in [1.807, 2.05) is 30.3 Å². The van der Waals surface area contributed by atoms with Crippen LogP contribution in [0.15, 0.2) is 78.1 Å². The molecule has 0 spiro atoms. The van der Waals surface area contributed by atoms with Gasteiger partial charge in [0, 0.05) is 5.92 Å². The molecule has 1 unspecified atom stereocenters. The Bertz CT molecular complexity index is 550. The van der Waals surface area contributed by atoms with Gasteiger partial charge < -0.3 is 0 Å². The molecule has 90 valence electrons. The van der Waals surface area contributed by atoms with Crippen molar-refractivity contribution in [1.29, 1.82) is 0 Å². The van der Waals surface area contributed by atoms with Crippen LogP contribution in [0.2, 0.25) is 0 Å². The lowest BCUT2D eigenvalue weighted by Crippen LogP contribution is -2.32. The average molecular weight is 236 g/mol. The van der Waals surface area contributed by atoms with Crippen molar-refractivity contribution >= 4 is 5.69 Å². The van der Waals surface area contributed by atoms with Crippen LogP contribution in [0.25, 0.3) is 0 Å². The van der Waals surface area contributed by atoms with Crippen molar-refractivity contribution in [2.75, 3.05) is 5.01 Å². The van der Waals surface area contributed by atoms with Crippen LogP contribution in [-0.4, -0.2) is 0 Å². The summed E-state index contributed by atoms with van der Waals surface area (Å²) in [6, 6.07) is 10.0. The number of rotatable bonds is 2. The van der Waals surface area contributed by atoms with Gasteiger partial charge >= 0.3 is 0 Å². The summed E-state index contributed by atoms with van der Waals surface area (Å²) in [5, 5.41) is 1.77. The van der Waals surface area contributed by atoms with Crippen LogP contribution in [0.1, 0.15) is 6.42 Å². The number of hydrazine groups is 1. The van der Waals surface area contributed by atoms with Crippen LogP contribution in [-0.2, 0) is 0 Å². The number of nitrogens with zero attached hydrogens (tertiary/aromatic N) is 1. The number of hydrogen-bond acceptors (Lipinski definition) is 2. The molecule has 2 aliphatic carbocycles. The first kappa shape index (κ1) is 11.1. The van der Waals surface area contributed by atoms with Gasteiger partial charge in [-0.25, -0.2) is 5.84 Å². The van der Waals surface area contributed by atoms with E-state index in [-0.39, 0.29) is 0 Å². The van der Waals surface area contributed by atoms with E-state index in [9.17, 15) is 0 Å². The monoisotopic (exact) mass is 236 g/mol. The first-order valence-corrected chi connectivity index (χ1v) is 6.22. The Hall–Kier alpha value is -2.06. The highest BCUT2D eigenvalue weighted by molar-refractivity contribution is 5.57. The third-order valence-electron chi connectivity index (χ3n) is 3.39. The fourth-order valence-electron chi connectivity index (χ4n) is 2.44. The van der Waals surface area contributed by atoms with Crippen molar-refractivity contribution in [2.24, 2.45) is 11.8 Å². The maximum atomic E-state index is 6.24. The van der Waals surface area contributed by atoms with Gasteiger partial charge in [0.2, 0.25) is 0 Å². The summed E-state index contributed by atoms with van der Waals surface area (Å²) in [6.45, 7) is 0. The molecule has 0 fully saturated rings. The third-order valence-corrected chi connectivity index (χ3v) is 3.39. The van der Waals surface area contributed by atoms with Gasteiger partial charge in [0.1, 0.15) is 0 Å². The van der Waals surface area contributed by atoms with E-state index in [2.05, 4.69) is 36.5 Å². The second-order valence-corrected chi connectivity index (χ2v) is 4.53. The number of benzene rings is 1. The maximum absolute atomic E-state index is 6.24. The summed E-state index contributed by atoms with van der Waals surface area (Å²) in [5.74, 6) is 6.71. The highest BCUT2D eigenvalue weighted by atomic mass is 15.4. The molecule has 0 bridgehead atoms. The smallest absolute Gasteiger partial charge is 0.0610 e. The van der Waals surface area contributed by atoms with Crippen LogP contribution in [0, 0.1) is 5.92 Å². The number of fused-ring (bicyclic) bond motifs is 1. The second kappa shape index (κ2) is 4.67. The van der Waals surface area contributed by atoms with Gasteiger partial charge in [0.15, 0.2) is 0 Å². The summed E-state index contributed by atoms with van der Waals surface area (Å²) in [6.07, 6.45) is 13.9. The van der Waals surface area contributed by atoms with Gasteiger partial charge in [0.05, 0.1) is 11.4 Å². The summed E-state index contributed by atoms with van der Waals surface area (Å²) >= 11 is 0. The lowest BCUT2D eigenvalue weighted by atomic mass is 9.86.